The van der Waals surface area contributed by atoms with Crippen LogP contribution in [0.3, 0.4) is 0 Å². The first kappa shape index (κ1) is 11.3. The van der Waals surface area contributed by atoms with Gasteiger partial charge in [0, 0.05) is 17.2 Å². The van der Waals surface area contributed by atoms with Crippen LogP contribution in [-0.2, 0) is 6.54 Å². The number of hydrogen-bond donors (Lipinski definition) is 1. The second-order valence-electron chi connectivity index (χ2n) is 3.51. The average molecular weight is 260 g/mol. The fraction of sp³-hybridized carbons (Fsp3) is 0.500. The van der Waals surface area contributed by atoms with Crippen molar-refractivity contribution in [2.75, 3.05) is 0 Å². The molecule has 14 heavy (non-hydrogen) atoms. The number of carboxylic acids is 1. The van der Waals surface area contributed by atoms with Gasteiger partial charge in [-0.25, -0.2) is 4.79 Å². The molecule has 1 heterocycles. The zero-order chi connectivity index (χ0) is 10.7. The summed E-state index contributed by atoms with van der Waals surface area (Å²) in [5.74, 6) is -0.383. The smallest absolute Gasteiger partial charge is 0.352 e. The number of carbonyl (C=O) groups is 1. The quantitative estimate of drug-likeness (QED) is 0.904. The summed E-state index contributed by atoms with van der Waals surface area (Å²) in [6.45, 7) is 4.97. The summed E-state index contributed by atoms with van der Waals surface area (Å²) in [5.41, 5.74) is 0.345. The number of hydrogen-bond acceptors (Lipinski definition) is 1. The zero-order valence-electron chi connectivity index (χ0n) is 8.33. The molecule has 0 spiro atoms. The maximum Gasteiger partial charge on any atom is 0.352 e. The maximum atomic E-state index is 10.9. The van der Waals surface area contributed by atoms with Crippen molar-refractivity contribution in [1.29, 1.82) is 0 Å². The number of carboxylic acid groups (broad SMARTS) is 1. The molecular weight excluding hydrogens is 246 g/mol. The van der Waals surface area contributed by atoms with Crippen LogP contribution in [0.15, 0.2) is 16.7 Å². The van der Waals surface area contributed by atoms with Gasteiger partial charge in [-0.15, -0.1) is 0 Å². The minimum Gasteiger partial charge on any atom is -0.477 e. The van der Waals surface area contributed by atoms with Gasteiger partial charge >= 0.3 is 5.97 Å². The van der Waals surface area contributed by atoms with E-state index in [1.165, 1.54) is 0 Å². The summed E-state index contributed by atoms with van der Waals surface area (Å²) in [6.07, 6.45) is 2.87. The Morgan fingerprint density at radius 2 is 2.36 bits per heavy atom. The first-order valence-corrected chi connectivity index (χ1v) is 5.42. The van der Waals surface area contributed by atoms with Gasteiger partial charge in [0.15, 0.2) is 0 Å². The van der Waals surface area contributed by atoms with E-state index < -0.39 is 5.97 Å². The third kappa shape index (κ3) is 2.61. The minimum atomic E-state index is -0.876. The first-order chi connectivity index (χ1) is 6.54. The Morgan fingerprint density at radius 3 is 2.86 bits per heavy atom. The van der Waals surface area contributed by atoms with Gasteiger partial charge in [0.2, 0.25) is 0 Å². The number of aromatic carboxylic acids is 1. The maximum absolute atomic E-state index is 10.9. The lowest BCUT2D eigenvalue weighted by Gasteiger charge is -2.11. The van der Waals surface area contributed by atoms with Crippen molar-refractivity contribution in [3.05, 3.63) is 22.4 Å². The molecule has 1 aromatic rings. The Morgan fingerprint density at radius 1 is 1.71 bits per heavy atom. The van der Waals surface area contributed by atoms with Crippen molar-refractivity contribution in [2.45, 2.75) is 26.8 Å². The van der Waals surface area contributed by atoms with Gasteiger partial charge in [-0.1, -0.05) is 20.3 Å². The van der Waals surface area contributed by atoms with Crippen LogP contribution in [0.1, 0.15) is 30.8 Å². The molecule has 4 heteroatoms. The standard InChI is InChI=1S/C10H14BrNO2/c1-3-7(2)5-12-6-8(11)4-9(12)10(13)14/h4,6-7H,3,5H2,1-2H3,(H,13,14). The molecule has 0 saturated heterocycles. The highest BCUT2D eigenvalue weighted by Crippen LogP contribution is 2.17. The number of aromatic nitrogens is 1. The van der Waals surface area contributed by atoms with Gasteiger partial charge in [-0.3, -0.25) is 0 Å². The van der Waals surface area contributed by atoms with Gasteiger partial charge in [-0.05, 0) is 27.9 Å². The zero-order valence-corrected chi connectivity index (χ0v) is 9.91. The third-order valence-corrected chi connectivity index (χ3v) is 2.72. The normalized spacial score (nSPS) is 12.8. The molecule has 0 aliphatic carbocycles. The summed E-state index contributed by atoms with van der Waals surface area (Å²) in [7, 11) is 0. The molecule has 1 atom stereocenters. The van der Waals surface area contributed by atoms with Gasteiger partial charge in [-0.2, -0.15) is 0 Å². The molecule has 0 bridgehead atoms. The summed E-state index contributed by atoms with van der Waals surface area (Å²) in [4.78, 5) is 10.9. The fourth-order valence-electron chi connectivity index (χ4n) is 1.27. The van der Waals surface area contributed by atoms with Crippen molar-refractivity contribution in [3.63, 3.8) is 0 Å². The lowest BCUT2D eigenvalue weighted by Crippen LogP contribution is -2.12. The molecule has 1 unspecified atom stereocenters. The van der Waals surface area contributed by atoms with E-state index >= 15 is 0 Å². The molecule has 1 rings (SSSR count). The van der Waals surface area contributed by atoms with Crippen molar-refractivity contribution in [1.82, 2.24) is 4.57 Å². The summed E-state index contributed by atoms with van der Waals surface area (Å²) < 4.78 is 2.60. The third-order valence-electron chi connectivity index (χ3n) is 2.29. The van der Waals surface area contributed by atoms with Crippen molar-refractivity contribution >= 4 is 21.9 Å². The van der Waals surface area contributed by atoms with Crippen LogP contribution in [0, 0.1) is 5.92 Å². The molecule has 0 aliphatic rings. The van der Waals surface area contributed by atoms with Crippen LogP contribution >= 0.6 is 15.9 Å². The number of nitrogens with zero attached hydrogens (tertiary/aromatic N) is 1. The molecule has 0 fully saturated rings. The van der Waals surface area contributed by atoms with E-state index in [0.29, 0.717) is 11.6 Å². The molecule has 1 aromatic heterocycles. The average Bonchev–Trinajstić information content (AvgIpc) is 2.46. The molecule has 0 radical (unpaired) electrons. The Labute approximate surface area is 91.9 Å². The minimum absolute atomic E-state index is 0.345. The largest absolute Gasteiger partial charge is 0.477 e. The first-order valence-electron chi connectivity index (χ1n) is 4.63. The molecule has 0 aromatic carbocycles. The molecular formula is C10H14BrNO2. The van der Waals surface area contributed by atoms with Crippen LogP contribution < -0.4 is 0 Å². The number of rotatable bonds is 4. The Hall–Kier alpha value is -0.770. The Kier molecular flexibility index (Phi) is 3.75. The van der Waals surface area contributed by atoms with E-state index in [-0.39, 0.29) is 0 Å². The van der Waals surface area contributed by atoms with E-state index in [1.54, 1.807) is 10.6 Å². The van der Waals surface area contributed by atoms with Gasteiger partial charge in [0.25, 0.3) is 0 Å². The van der Waals surface area contributed by atoms with Gasteiger partial charge < -0.3 is 9.67 Å². The van der Waals surface area contributed by atoms with E-state index in [2.05, 4.69) is 29.8 Å². The monoisotopic (exact) mass is 259 g/mol. The summed E-state index contributed by atoms with van der Waals surface area (Å²) in [6, 6.07) is 1.63. The predicted molar refractivity (Wildman–Crippen MR) is 58.5 cm³/mol. The van der Waals surface area contributed by atoms with E-state index in [9.17, 15) is 4.79 Å². The molecule has 78 valence electrons. The second kappa shape index (κ2) is 4.64. The van der Waals surface area contributed by atoms with Crippen LogP contribution in [-0.4, -0.2) is 15.6 Å². The molecule has 0 amide bonds. The topological polar surface area (TPSA) is 42.2 Å². The summed E-state index contributed by atoms with van der Waals surface area (Å²) in [5, 5.41) is 8.92. The lowest BCUT2D eigenvalue weighted by molar-refractivity contribution is 0.0684. The van der Waals surface area contributed by atoms with E-state index in [0.717, 1.165) is 17.4 Å². The fourth-order valence-corrected chi connectivity index (χ4v) is 1.73. The highest BCUT2D eigenvalue weighted by molar-refractivity contribution is 9.10. The second-order valence-corrected chi connectivity index (χ2v) is 4.43. The number of halogens is 1. The van der Waals surface area contributed by atoms with Crippen LogP contribution in [0.5, 0.6) is 0 Å². The van der Waals surface area contributed by atoms with Crippen LogP contribution in [0.4, 0.5) is 0 Å². The van der Waals surface area contributed by atoms with Gasteiger partial charge in [0.05, 0.1) is 0 Å². The van der Waals surface area contributed by atoms with E-state index in [4.69, 9.17) is 5.11 Å². The van der Waals surface area contributed by atoms with Gasteiger partial charge in [0.1, 0.15) is 5.69 Å². The predicted octanol–water partition coefficient (Wildman–Crippen LogP) is 2.99. The molecule has 0 aliphatic heterocycles. The lowest BCUT2D eigenvalue weighted by atomic mass is 10.1. The highest BCUT2D eigenvalue weighted by Gasteiger charge is 2.12. The molecule has 1 N–H and O–H groups in total. The van der Waals surface area contributed by atoms with Crippen molar-refractivity contribution < 1.29 is 9.90 Å². The van der Waals surface area contributed by atoms with Crippen molar-refractivity contribution in [2.24, 2.45) is 5.92 Å². The van der Waals surface area contributed by atoms with Crippen LogP contribution in [0.2, 0.25) is 0 Å². The van der Waals surface area contributed by atoms with Crippen molar-refractivity contribution in [3.8, 4) is 0 Å². The highest BCUT2D eigenvalue weighted by atomic mass is 79.9. The molecule has 0 saturated carbocycles. The Balaban J connectivity index is 2.89. The summed E-state index contributed by atoms with van der Waals surface area (Å²) >= 11 is 3.28. The molecule has 3 nitrogen and oxygen atoms in total. The Bertz CT molecular complexity index is 333. The van der Waals surface area contributed by atoms with E-state index in [1.807, 2.05) is 6.20 Å². The van der Waals surface area contributed by atoms with Crippen LogP contribution in [0.25, 0.3) is 0 Å². The SMILES string of the molecule is CCC(C)Cn1cc(Br)cc1C(=O)O.